The first-order valence-electron chi connectivity index (χ1n) is 8.86. The number of hydrogen-bond donors (Lipinski definition) is 2. The summed E-state index contributed by atoms with van der Waals surface area (Å²) in [7, 11) is 5.44. The van der Waals surface area contributed by atoms with Crippen molar-refractivity contribution in [1.29, 1.82) is 0 Å². The topological polar surface area (TPSA) is 76.1 Å². The molecule has 0 unspecified atom stereocenters. The van der Waals surface area contributed by atoms with Gasteiger partial charge < -0.3 is 15.4 Å². The first-order chi connectivity index (χ1) is 13.7. The number of benzene rings is 1. The monoisotopic (exact) mass is 408 g/mol. The predicted molar refractivity (Wildman–Crippen MR) is 98.0 cm³/mol. The van der Waals surface area contributed by atoms with Gasteiger partial charge in [0.05, 0.1) is 11.3 Å². The van der Waals surface area contributed by atoms with Crippen LogP contribution in [0, 0.1) is 11.7 Å². The maximum Gasteiger partial charge on any atom is 0.434 e. The number of amides is 1. The molecule has 1 amide bonds. The highest BCUT2D eigenvalue weighted by Gasteiger charge is 2.38. The SMILES string of the molecule is [B]c1ccc(Nc2ncc(C(=O)NCC3CCOCC3)c(C(F)(F)F)n2)c(F)c1. The van der Waals surface area contributed by atoms with E-state index in [4.69, 9.17) is 12.6 Å². The highest BCUT2D eigenvalue weighted by atomic mass is 19.4. The van der Waals surface area contributed by atoms with Crippen molar-refractivity contribution in [2.45, 2.75) is 19.0 Å². The zero-order valence-electron chi connectivity index (χ0n) is 15.2. The van der Waals surface area contributed by atoms with Crippen molar-refractivity contribution in [3.8, 4) is 0 Å². The van der Waals surface area contributed by atoms with Crippen LogP contribution in [0.5, 0.6) is 0 Å². The van der Waals surface area contributed by atoms with Gasteiger partial charge in [0.1, 0.15) is 13.7 Å². The average Bonchev–Trinajstić information content (AvgIpc) is 2.68. The lowest BCUT2D eigenvalue weighted by molar-refractivity contribution is -0.141. The van der Waals surface area contributed by atoms with Gasteiger partial charge >= 0.3 is 6.18 Å². The van der Waals surface area contributed by atoms with Crippen LogP contribution in [0.3, 0.4) is 0 Å². The zero-order chi connectivity index (χ0) is 21.0. The van der Waals surface area contributed by atoms with Crippen molar-refractivity contribution in [1.82, 2.24) is 15.3 Å². The second-order valence-electron chi connectivity index (χ2n) is 6.58. The van der Waals surface area contributed by atoms with Crippen LogP contribution in [0.25, 0.3) is 0 Å². The van der Waals surface area contributed by atoms with Crippen LogP contribution in [0.4, 0.5) is 29.2 Å². The van der Waals surface area contributed by atoms with E-state index in [1.807, 2.05) is 0 Å². The van der Waals surface area contributed by atoms with Crippen molar-refractivity contribution >= 4 is 30.9 Å². The van der Waals surface area contributed by atoms with Crippen LogP contribution in [-0.2, 0) is 10.9 Å². The molecule has 1 aliphatic heterocycles. The Balaban J connectivity index is 1.79. The van der Waals surface area contributed by atoms with Crippen molar-refractivity contribution in [2.75, 3.05) is 25.1 Å². The number of nitrogens with one attached hydrogen (secondary N) is 2. The summed E-state index contributed by atoms with van der Waals surface area (Å²) in [5.74, 6) is -2.06. The van der Waals surface area contributed by atoms with Gasteiger partial charge in [0.15, 0.2) is 5.69 Å². The molecule has 0 saturated carbocycles. The second-order valence-corrected chi connectivity index (χ2v) is 6.58. The molecule has 0 spiro atoms. The molecular formula is C18H17BF4N4O2. The van der Waals surface area contributed by atoms with Gasteiger partial charge in [-0.3, -0.25) is 4.79 Å². The lowest BCUT2D eigenvalue weighted by atomic mass is 9.96. The van der Waals surface area contributed by atoms with Crippen molar-refractivity contribution in [3.63, 3.8) is 0 Å². The van der Waals surface area contributed by atoms with Crippen molar-refractivity contribution < 1.29 is 27.1 Å². The van der Waals surface area contributed by atoms with E-state index >= 15 is 0 Å². The van der Waals surface area contributed by atoms with E-state index in [9.17, 15) is 22.4 Å². The molecule has 1 aromatic carbocycles. The van der Waals surface area contributed by atoms with Gasteiger partial charge in [0.2, 0.25) is 5.95 Å². The number of anilines is 2. The molecule has 0 bridgehead atoms. The Labute approximate surface area is 165 Å². The molecule has 2 aromatic rings. The molecule has 1 aliphatic rings. The molecule has 152 valence electrons. The van der Waals surface area contributed by atoms with Gasteiger partial charge in [0.25, 0.3) is 5.91 Å². The van der Waals surface area contributed by atoms with Gasteiger partial charge in [-0.1, -0.05) is 11.5 Å². The standard InChI is InChI=1S/C18H17BF4N4O2/c19-11-1-2-14(13(20)7-11)26-17-25-9-12(15(27-17)18(21,22)23)16(28)24-8-10-3-5-29-6-4-10/h1-2,7,9-10H,3-6,8H2,(H,24,28)(H,25,26,27). The Bertz CT molecular complexity index is 889. The van der Waals surface area contributed by atoms with Crippen LogP contribution in [0.1, 0.15) is 28.9 Å². The maximum absolute atomic E-state index is 13.9. The molecule has 1 fully saturated rings. The fourth-order valence-electron chi connectivity index (χ4n) is 2.86. The summed E-state index contributed by atoms with van der Waals surface area (Å²) in [5.41, 5.74) is -2.10. The van der Waals surface area contributed by atoms with Gasteiger partial charge in [-0.2, -0.15) is 13.2 Å². The fraction of sp³-hybridized carbons (Fsp3) is 0.389. The second kappa shape index (κ2) is 8.77. The minimum Gasteiger partial charge on any atom is -0.381 e. The molecule has 2 radical (unpaired) electrons. The number of rotatable bonds is 5. The molecule has 2 heterocycles. The van der Waals surface area contributed by atoms with Crippen LogP contribution < -0.4 is 16.1 Å². The molecule has 0 atom stereocenters. The van der Waals surface area contributed by atoms with Crippen LogP contribution in [-0.4, -0.2) is 43.5 Å². The summed E-state index contributed by atoms with van der Waals surface area (Å²) in [6.45, 7) is 1.34. The number of aromatic nitrogens is 2. The average molecular weight is 408 g/mol. The van der Waals surface area contributed by atoms with E-state index in [0.29, 0.717) is 13.2 Å². The van der Waals surface area contributed by atoms with Crippen molar-refractivity contribution in [3.05, 3.63) is 41.5 Å². The molecule has 3 rings (SSSR count). The third kappa shape index (κ3) is 5.44. The highest BCUT2D eigenvalue weighted by molar-refractivity contribution is 6.32. The summed E-state index contributed by atoms with van der Waals surface area (Å²) >= 11 is 0. The minimum atomic E-state index is -4.90. The summed E-state index contributed by atoms with van der Waals surface area (Å²) in [5, 5.41) is 4.86. The summed E-state index contributed by atoms with van der Waals surface area (Å²) < 4.78 is 59.4. The van der Waals surface area contributed by atoms with Crippen LogP contribution in [0.2, 0.25) is 0 Å². The molecule has 2 N–H and O–H groups in total. The minimum absolute atomic E-state index is 0.136. The third-order valence-corrected chi connectivity index (χ3v) is 4.43. The maximum atomic E-state index is 13.9. The number of hydrogen-bond acceptors (Lipinski definition) is 5. The fourth-order valence-corrected chi connectivity index (χ4v) is 2.86. The third-order valence-electron chi connectivity index (χ3n) is 4.43. The Morgan fingerprint density at radius 3 is 2.66 bits per heavy atom. The molecule has 6 nitrogen and oxygen atoms in total. The van der Waals surface area contributed by atoms with E-state index in [1.54, 1.807) is 0 Å². The predicted octanol–water partition coefficient (Wildman–Crippen LogP) is 2.33. The Morgan fingerprint density at radius 2 is 2.00 bits per heavy atom. The van der Waals surface area contributed by atoms with E-state index in [2.05, 4.69) is 20.6 Å². The molecular weight excluding hydrogens is 391 g/mol. The van der Waals surface area contributed by atoms with Gasteiger partial charge in [-0.05, 0) is 30.9 Å². The van der Waals surface area contributed by atoms with E-state index in [1.165, 1.54) is 12.1 Å². The normalized spacial score (nSPS) is 15.2. The number of carbonyl (C=O) groups is 1. The van der Waals surface area contributed by atoms with Gasteiger partial charge in [0, 0.05) is 26.0 Å². The molecule has 11 heteroatoms. The Morgan fingerprint density at radius 1 is 1.28 bits per heavy atom. The smallest absolute Gasteiger partial charge is 0.381 e. The van der Waals surface area contributed by atoms with E-state index < -0.39 is 35.1 Å². The molecule has 29 heavy (non-hydrogen) atoms. The van der Waals surface area contributed by atoms with Crippen LogP contribution >= 0.6 is 0 Å². The number of ether oxygens (including phenoxy) is 1. The van der Waals surface area contributed by atoms with Gasteiger partial charge in [-0.25, -0.2) is 14.4 Å². The number of carbonyl (C=O) groups excluding carboxylic acids is 1. The summed E-state index contributed by atoms with van der Waals surface area (Å²) in [4.78, 5) is 19.4. The van der Waals surface area contributed by atoms with Crippen LogP contribution in [0.15, 0.2) is 24.4 Å². The lowest BCUT2D eigenvalue weighted by Crippen LogP contribution is -2.33. The largest absolute Gasteiger partial charge is 0.434 e. The van der Waals surface area contributed by atoms with Gasteiger partial charge in [-0.15, -0.1) is 0 Å². The quantitative estimate of drug-likeness (QED) is 0.587. The molecule has 1 aromatic heterocycles. The Hall–Kier alpha value is -2.69. The summed E-state index contributed by atoms with van der Waals surface area (Å²) in [6, 6.07) is 3.62. The van der Waals surface area contributed by atoms with Crippen molar-refractivity contribution in [2.24, 2.45) is 5.92 Å². The molecule has 1 saturated heterocycles. The Kier molecular flexibility index (Phi) is 6.36. The number of halogens is 4. The van der Waals surface area contributed by atoms with E-state index in [0.717, 1.165) is 25.1 Å². The number of alkyl halides is 3. The zero-order valence-corrected chi connectivity index (χ0v) is 15.2. The molecule has 0 aliphatic carbocycles. The summed E-state index contributed by atoms with van der Waals surface area (Å²) in [6.07, 6.45) is -2.69. The first kappa shape index (κ1) is 21.0. The lowest BCUT2D eigenvalue weighted by Gasteiger charge is -2.22. The number of nitrogens with zero attached hydrogens (tertiary/aromatic N) is 2. The highest BCUT2D eigenvalue weighted by Crippen LogP contribution is 2.31. The first-order valence-corrected chi connectivity index (χ1v) is 8.86. The van der Waals surface area contributed by atoms with E-state index in [-0.39, 0.29) is 23.6 Å².